The van der Waals surface area contributed by atoms with Gasteiger partial charge in [0, 0.05) is 17.8 Å². The van der Waals surface area contributed by atoms with E-state index < -0.39 is 0 Å². The molecule has 0 amide bonds. The zero-order valence-electron chi connectivity index (χ0n) is 12.7. The van der Waals surface area contributed by atoms with Crippen LogP contribution in [0.3, 0.4) is 0 Å². The van der Waals surface area contributed by atoms with Crippen LogP contribution in [0.5, 0.6) is 11.5 Å². The zero-order valence-corrected chi connectivity index (χ0v) is 13.5. The molecule has 20 heavy (non-hydrogen) atoms. The maximum absolute atomic E-state index is 5.61. The molecule has 1 heterocycles. The van der Waals surface area contributed by atoms with Crippen molar-refractivity contribution < 1.29 is 9.47 Å². The number of nitrogens with one attached hydrogen (secondary N) is 1. The molecule has 3 nitrogen and oxygen atoms in total. The Hall–Kier alpha value is -0.870. The first kappa shape index (κ1) is 15.5. The van der Waals surface area contributed by atoms with Crippen molar-refractivity contribution in [3.63, 3.8) is 0 Å². The summed E-state index contributed by atoms with van der Waals surface area (Å²) in [7, 11) is 1.67. The van der Waals surface area contributed by atoms with E-state index in [1.54, 1.807) is 7.11 Å². The Morgan fingerprint density at radius 3 is 2.85 bits per heavy atom. The summed E-state index contributed by atoms with van der Waals surface area (Å²) in [5, 5.41) is 3.57. The SMILES string of the molecule is CCOc1cc(CNCC2(C)CCCS2)ccc1OC. The lowest BCUT2D eigenvalue weighted by molar-refractivity contribution is 0.310. The monoisotopic (exact) mass is 295 g/mol. The fraction of sp³-hybridized carbons (Fsp3) is 0.625. The number of hydrogen-bond acceptors (Lipinski definition) is 4. The van der Waals surface area contributed by atoms with Gasteiger partial charge in [-0.3, -0.25) is 0 Å². The van der Waals surface area contributed by atoms with Crippen LogP contribution in [-0.4, -0.2) is 30.8 Å². The molecule has 0 spiro atoms. The Labute approximate surface area is 126 Å². The Bertz CT molecular complexity index is 430. The fourth-order valence-corrected chi connectivity index (χ4v) is 3.82. The quantitative estimate of drug-likeness (QED) is 0.834. The molecule has 1 fully saturated rings. The summed E-state index contributed by atoms with van der Waals surface area (Å²) in [6, 6.07) is 6.14. The number of rotatable bonds is 7. The molecule has 1 unspecified atom stereocenters. The first-order valence-corrected chi connectivity index (χ1v) is 8.30. The van der Waals surface area contributed by atoms with E-state index in [2.05, 4.69) is 36.1 Å². The van der Waals surface area contributed by atoms with E-state index in [0.717, 1.165) is 24.6 Å². The standard InChI is InChI=1S/C16H25NO2S/c1-4-19-15-10-13(6-7-14(15)18-3)11-17-12-16(2)8-5-9-20-16/h6-7,10,17H,4-5,8-9,11-12H2,1-3H3. The predicted molar refractivity (Wildman–Crippen MR) is 86.0 cm³/mol. The minimum absolute atomic E-state index is 0.412. The van der Waals surface area contributed by atoms with Gasteiger partial charge in [-0.05, 0) is 50.1 Å². The van der Waals surface area contributed by atoms with E-state index >= 15 is 0 Å². The van der Waals surface area contributed by atoms with E-state index in [9.17, 15) is 0 Å². The largest absolute Gasteiger partial charge is 0.493 e. The highest BCUT2D eigenvalue weighted by molar-refractivity contribution is 8.00. The summed E-state index contributed by atoms with van der Waals surface area (Å²) in [6.45, 7) is 6.94. The Morgan fingerprint density at radius 2 is 2.20 bits per heavy atom. The lowest BCUT2D eigenvalue weighted by atomic mass is 10.1. The van der Waals surface area contributed by atoms with Gasteiger partial charge in [-0.25, -0.2) is 0 Å². The summed E-state index contributed by atoms with van der Waals surface area (Å²) in [4.78, 5) is 0. The smallest absolute Gasteiger partial charge is 0.161 e. The average Bonchev–Trinajstić information content (AvgIpc) is 2.86. The van der Waals surface area contributed by atoms with Gasteiger partial charge in [-0.1, -0.05) is 6.07 Å². The van der Waals surface area contributed by atoms with Crippen molar-refractivity contribution in [3.8, 4) is 11.5 Å². The van der Waals surface area contributed by atoms with Crippen molar-refractivity contribution in [1.29, 1.82) is 0 Å². The van der Waals surface area contributed by atoms with E-state index in [-0.39, 0.29) is 0 Å². The number of methoxy groups -OCH3 is 1. The predicted octanol–water partition coefficient (Wildman–Crippen LogP) is 3.47. The van der Waals surface area contributed by atoms with E-state index in [0.29, 0.717) is 11.4 Å². The van der Waals surface area contributed by atoms with Crippen molar-refractivity contribution in [1.82, 2.24) is 5.32 Å². The second kappa shape index (κ2) is 7.23. The summed E-state index contributed by atoms with van der Waals surface area (Å²) < 4.78 is 11.3. The molecule has 1 N–H and O–H groups in total. The molecule has 112 valence electrons. The molecule has 1 atom stereocenters. The maximum atomic E-state index is 5.61. The first-order valence-electron chi connectivity index (χ1n) is 7.31. The molecular weight excluding hydrogens is 270 g/mol. The maximum Gasteiger partial charge on any atom is 0.161 e. The number of benzene rings is 1. The molecule has 1 aromatic carbocycles. The van der Waals surface area contributed by atoms with Gasteiger partial charge in [-0.2, -0.15) is 11.8 Å². The number of thioether (sulfide) groups is 1. The van der Waals surface area contributed by atoms with Gasteiger partial charge in [0.05, 0.1) is 13.7 Å². The van der Waals surface area contributed by atoms with Crippen LogP contribution in [0.4, 0.5) is 0 Å². The fourth-order valence-electron chi connectivity index (χ4n) is 2.55. The highest BCUT2D eigenvalue weighted by Gasteiger charge is 2.28. The van der Waals surface area contributed by atoms with E-state index in [1.165, 1.54) is 24.2 Å². The van der Waals surface area contributed by atoms with E-state index in [4.69, 9.17) is 9.47 Å². The van der Waals surface area contributed by atoms with Crippen molar-refractivity contribution in [2.75, 3.05) is 26.0 Å². The average molecular weight is 295 g/mol. The number of hydrogen-bond donors (Lipinski definition) is 1. The second-order valence-corrected chi connectivity index (χ2v) is 7.11. The third-order valence-corrected chi connectivity index (χ3v) is 5.19. The minimum Gasteiger partial charge on any atom is -0.493 e. The van der Waals surface area contributed by atoms with Crippen molar-refractivity contribution in [2.45, 2.75) is 38.0 Å². The molecule has 0 bridgehead atoms. The van der Waals surface area contributed by atoms with Crippen LogP contribution in [0, 0.1) is 0 Å². The summed E-state index contributed by atoms with van der Waals surface area (Å²) in [6.07, 6.45) is 2.66. The van der Waals surface area contributed by atoms with Crippen LogP contribution in [-0.2, 0) is 6.54 Å². The minimum atomic E-state index is 0.412. The first-order chi connectivity index (χ1) is 9.67. The van der Waals surface area contributed by atoms with Gasteiger partial charge in [0.1, 0.15) is 0 Å². The molecule has 2 rings (SSSR count). The highest BCUT2D eigenvalue weighted by Crippen LogP contribution is 2.37. The second-order valence-electron chi connectivity index (χ2n) is 5.42. The van der Waals surface area contributed by atoms with Gasteiger partial charge in [-0.15, -0.1) is 0 Å². The van der Waals surface area contributed by atoms with Gasteiger partial charge in [0.15, 0.2) is 11.5 Å². The topological polar surface area (TPSA) is 30.5 Å². The van der Waals surface area contributed by atoms with Crippen molar-refractivity contribution in [3.05, 3.63) is 23.8 Å². The molecule has 1 aromatic rings. The van der Waals surface area contributed by atoms with Crippen molar-refractivity contribution in [2.24, 2.45) is 0 Å². The molecule has 0 radical (unpaired) electrons. The third-order valence-electron chi connectivity index (χ3n) is 3.66. The molecule has 0 aromatic heterocycles. The van der Waals surface area contributed by atoms with E-state index in [1.807, 2.05) is 13.0 Å². The van der Waals surface area contributed by atoms with Crippen LogP contribution in [0.2, 0.25) is 0 Å². The zero-order chi connectivity index (χ0) is 14.4. The van der Waals surface area contributed by atoms with Gasteiger partial charge in [0.2, 0.25) is 0 Å². The Morgan fingerprint density at radius 1 is 1.35 bits per heavy atom. The van der Waals surface area contributed by atoms with Gasteiger partial charge in [0.25, 0.3) is 0 Å². The summed E-state index contributed by atoms with van der Waals surface area (Å²) >= 11 is 2.09. The highest BCUT2D eigenvalue weighted by atomic mass is 32.2. The van der Waals surface area contributed by atoms with Gasteiger partial charge >= 0.3 is 0 Å². The molecule has 0 saturated carbocycles. The molecule has 1 aliphatic rings. The lowest BCUT2D eigenvalue weighted by Gasteiger charge is -2.23. The number of ether oxygens (including phenoxy) is 2. The molecule has 4 heteroatoms. The normalized spacial score (nSPS) is 21.9. The summed E-state index contributed by atoms with van der Waals surface area (Å²) in [5.74, 6) is 2.93. The lowest BCUT2D eigenvalue weighted by Crippen LogP contribution is -2.32. The van der Waals surface area contributed by atoms with Crippen LogP contribution in [0.1, 0.15) is 32.3 Å². The Balaban J connectivity index is 1.90. The Kier molecular flexibility index (Phi) is 5.61. The van der Waals surface area contributed by atoms with Crippen LogP contribution in [0.25, 0.3) is 0 Å². The molecule has 1 aliphatic heterocycles. The molecule has 0 aliphatic carbocycles. The third kappa shape index (κ3) is 4.06. The van der Waals surface area contributed by atoms with Gasteiger partial charge < -0.3 is 14.8 Å². The van der Waals surface area contributed by atoms with Crippen LogP contribution in [0.15, 0.2) is 18.2 Å². The van der Waals surface area contributed by atoms with Crippen molar-refractivity contribution >= 4 is 11.8 Å². The molecule has 1 saturated heterocycles. The molecular formula is C16H25NO2S. The summed E-state index contributed by atoms with van der Waals surface area (Å²) in [5.41, 5.74) is 1.24. The van der Waals surface area contributed by atoms with Crippen LogP contribution < -0.4 is 14.8 Å². The van der Waals surface area contributed by atoms with Crippen LogP contribution >= 0.6 is 11.8 Å².